The van der Waals surface area contributed by atoms with Crippen molar-refractivity contribution in [1.82, 2.24) is 35.6 Å². The van der Waals surface area contributed by atoms with Crippen molar-refractivity contribution in [3.63, 3.8) is 0 Å². The first kappa shape index (κ1) is 55.7. The molecule has 15 nitrogen and oxygen atoms in total. The number of halogens is 1. The molecule has 76 heavy (non-hydrogen) atoms. The molecular weight excluding hydrogens is 1020 g/mol. The van der Waals surface area contributed by atoms with Gasteiger partial charge in [-0.3, -0.25) is 28.7 Å². The van der Waals surface area contributed by atoms with Crippen molar-refractivity contribution in [1.29, 1.82) is 0 Å². The number of benzene rings is 3. The predicted molar refractivity (Wildman–Crippen MR) is 298 cm³/mol. The first-order valence-corrected chi connectivity index (χ1v) is 27.5. The fraction of sp³-hybridized carbons (Fsp3) is 0.397. The third-order valence-electron chi connectivity index (χ3n) is 13.6. The van der Waals surface area contributed by atoms with E-state index < -0.39 is 41.5 Å². The zero-order chi connectivity index (χ0) is 54.3. The van der Waals surface area contributed by atoms with Crippen LogP contribution in [0.4, 0.5) is 0 Å². The van der Waals surface area contributed by atoms with E-state index in [1.807, 2.05) is 112 Å². The minimum absolute atomic E-state index is 0.0150. The smallest absolute Gasteiger partial charge is 0.246 e. The Kier molecular flexibility index (Phi) is 18.1. The number of thiophene rings is 2. The van der Waals surface area contributed by atoms with Crippen LogP contribution in [-0.4, -0.2) is 105 Å². The summed E-state index contributed by atoms with van der Waals surface area (Å²) in [5, 5.41) is 32.1. The predicted octanol–water partition coefficient (Wildman–Crippen LogP) is 8.69. The van der Waals surface area contributed by atoms with Gasteiger partial charge in [0.15, 0.2) is 5.82 Å². The SMILES string of the molecule is Cc1ccsc1-c1ccc(CNC(=O)[C@@H]2C[C@@H](O)CN2C(=O)[C@@H](NC(=O)COCCCOCC#Cc2ccc([C@H](C)NC(=O)C[C@@H]3N=C(c4ccc(Cl)cc4)c4c(sc(C)c4C)-n4c(C)nnc43)cc2)C(C)(C)C)cc1. The zero-order valence-electron chi connectivity index (χ0n) is 44.2. The second-order valence-electron chi connectivity index (χ2n) is 20.4. The van der Waals surface area contributed by atoms with Crippen LogP contribution >= 0.6 is 34.3 Å². The highest BCUT2D eigenvalue weighted by atomic mass is 35.5. The summed E-state index contributed by atoms with van der Waals surface area (Å²) >= 11 is 9.61. The van der Waals surface area contributed by atoms with Gasteiger partial charge < -0.3 is 35.4 Å². The number of aliphatic hydroxyl groups is 1. The number of fused-ring (bicyclic) bond motifs is 3. The Labute approximate surface area is 457 Å². The van der Waals surface area contributed by atoms with Crippen LogP contribution in [0.1, 0.15) is 115 Å². The molecular formula is C58H65ClN8O7S2. The molecule has 2 aliphatic rings. The van der Waals surface area contributed by atoms with Gasteiger partial charge in [-0.15, -0.1) is 32.9 Å². The monoisotopic (exact) mass is 1080 g/mol. The van der Waals surface area contributed by atoms with Crippen LogP contribution in [0.25, 0.3) is 15.4 Å². The average Bonchev–Trinajstić information content (AvgIpc) is 4.16. The zero-order valence-corrected chi connectivity index (χ0v) is 46.5. The quantitative estimate of drug-likeness (QED) is 0.0482. The molecule has 398 valence electrons. The Morgan fingerprint density at radius 2 is 1.61 bits per heavy atom. The van der Waals surface area contributed by atoms with Crippen molar-refractivity contribution in [3.05, 3.63) is 145 Å². The van der Waals surface area contributed by atoms with E-state index in [2.05, 4.69) is 70.2 Å². The van der Waals surface area contributed by atoms with E-state index in [0.29, 0.717) is 23.9 Å². The molecule has 1 saturated heterocycles. The van der Waals surface area contributed by atoms with Gasteiger partial charge in [0.25, 0.3) is 0 Å². The summed E-state index contributed by atoms with van der Waals surface area (Å²) < 4.78 is 13.4. The number of aliphatic hydroxyl groups excluding tert-OH is 1. The van der Waals surface area contributed by atoms with Crippen molar-refractivity contribution in [2.75, 3.05) is 33.0 Å². The summed E-state index contributed by atoms with van der Waals surface area (Å²) in [6.45, 7) is 16.4. The maximum absolute atomic E-state index is 14.0. The molecule has 4 amide bonds. The summed E-state index contributed by atoms with van der Waals surface area (Å²) in [6.07, 6.45) is -0.186. The molecule has 0 radical (unpaired) electrons. The third kappa shape index (κ3) is 13.3. The number of β-amino-alcohol motifs (C(OH)–C–C–N with tert-alkyl or cyclic N) is 1. The number of aryl methyl sites for hydroxylation is 3. The second kappa shape index (κ2) is 24.6. The maximum atomic E-state index is 14.0. The number of hydrogen-bond acceptors (Lipinski definition) is 12. The van der Waals surface area contributed by atoms with E-state index in [1.165, 1.54) is 20.2 Å². The highest BCUT2D eigenvalue weighted by Gasteiger charge is 2.44. The number of aromatic nitrogens is 3. The molecule has 3 aromatic heterocycles. The molecule has 5 atom stereocenters. The maximum Gasteiger partial charge on any atom is 0.246 e. The fourth-order valence-electron chi connectivity index (χ4n) is 9.31. The molecule has 1 fully saturated rings. The van der Waals surface area contributed by atoms with Crippen LogP contribution in [0.3, 0.4) is 0 Å². The number of hydrogen-bond donors (Lipinski definition) is 4. The standard InChI is InChI=1S/C58H65ClN8O7S2/c1-34-24-28-75-52(34)43-18-14-40(15-19-43)31-60-55(71)47-29-45(68)32-66(47)56(72)53(58(6,7)8)63-49(70)33-74-27-10-26-73-25-9-11-39-12-16-41(17-13-39)36(3)61-48(69)30-46-54-65-64-38(5)67(54)57-50(35(2)37(4)76-57)51(62-46)42-20-22-44(59)23-21-42/h12-24,28,36,45-47,53,68H,10,25-27,29-33H2,1-8H3,(H,60,71)(H,61,69)(H,63,70)/t36-,45+,46-,47-,53+/m0/s1. The van der Waals surface area contributed by atoms with Crippen molar-refractivity contribution < 1.29 is 33.8 Å². The van der Waals surface area contributed by atoms with Crippen molar-refractivity contribution in [2.24, 2.45) is 10.4 Å². The Hall–Kier alpha value is -6.52. The van der Waals surface area contributed by atoms with Crippen molar-refractivity contribution >= 4 is 63.6 Å². The second-order valence-corrected chi connectivity index (χ2v) is 22.9. The molecule has 0 bridgehead atoms. The number of nitrogens with zero attached hydrogens (tertiary/aromatic N) is 5. The van der Waals surface area contributed by atoms with Gasteiger partial charge >= 0.3 is 0 Å². The molecule has 18 heteroatoms. The molecule has 0 unspecified atom stereocenters. The Bertz CT molecular complexity index is 3150. The average molecular weight is 1090 g/mol. The van der Waals surface area contributed by atoms with Gasteiger partial charge in [0.2, 0.25) is 23.6 Å². The first-order chi connectivity index (χ1) is 36.4. The van der Waals surface area contributed by atoms with Gasteiger partial charge in [0, 0.05) is 57.6 Å². The molecule has 2 aliphatic heterocycles. The number of ether oxygens (including phenoxy) is 2. The van der Waals surface area contributed by atoms with Gasteiger partial charge in [-0.1, -0.05) is 92.7 Å². The van der Waals surface area contributed by atoms with Gasteiger partial charge in [-0.25, -0.2) is 0 Å². The summed E-state index contributed by atoms with van der Waals surface area (Å²) in [7, 11) is 0. The summed E-state index contributed by atoms with van der Waals surface area (Å²) in [5.74, 6) is 6.04. The van der Waals surface area contributed by atoms with Crippen LogP contribution in [-0.2, 0) is 35.2 Å². The van der Waals surface area contributed by atoms with E-state index in [1.54, 1.807) is 22.7 Å². The highest BCUT2D eigenvalue weighted by Crippen LogP contribution is 2.40. The largest absolute Gasteiger partial charge is 0.391 e. The lowest BCUT2D eigenvalue weighted by Gasteiger charge is -2.35. The van der Waals surface area contributed by atoms with E-state index >= 15 is 0 Å². The number of carbonyl (C=O) groups excluding carboxylic acids is 4. The number of rotatable bonds is 18. The van der Waals surface area contributed by atoms with Crippen LogP contribution in [0.15, 0.2) is 89.2 Å². The Morgan fingerprint density at radius 1 is 0.895 bits per heavy atom. The summed E-state index contributed by atoms with van der Waals surface area (Å²) in [4.78, 5) is 63.3. The van der Waals surface area contributed by atoms with Gasteiger partial charge in [-0.05, 0) is 110 Å². The number of likely N-dealkylation sites (tertiary alicyclic amines) is 1. The summed E-state index contributed by atoms with van der Waals surface area (Å²) in [6, 6.07) is 22.7. The minimum Gasteiger partial charge on any atom is -0.391 e. The van der Waals surface area contributed by atoms with E-state index in [9.17, 15) is 24.3 Å². The molecule has 4 N–H and O–H groups in total. The molecule has 6 aromatic rings. The number of nitrogens with one attached hydrogen (secondary N) is 3. The highest BCUT2D eigenvalue weighted by molar-refractivity contribution is 7.15. The summed E-state index contributed by atoms with van der Waals surface area (Å²) in [5.41, 5.74) is 8.07. The van der Waals surface area contributed by atoms with Crippen LogP contribution < -0.4 is 16.0 Å². The lowest BCUT2D eigenvalue weighted by Crippen LogP contribution is -2.58. The minimum atomic E-state index is -0.965. The van der Waals surface area contributed by atoms with Gasteiger partial charge in [0.05, 0.1) is 30.9 Å². The Morgan fingerprint density at radius 3 is 2.30 bits per heavy atom. The lowest BCUT2D eigenvalue weighted by molar-refractivity contribution is -0.144. The topological polar surface area (TPSA) is 189 Å². The number of aliphatic imine (C=N–C) groups is 1. The van der Waals surface area contributed by atoms with Crippen molar-refractivity contribution in [2.45, 2.75) is 111 Å². The molecule has 5 heterocycles. The van der Waals surface area contributed by atoms with Gasteiger partial charge in [-0.2, -0.15) is 0 Å². The number of amides is 4. The van der Waals surface area contributed by atoms with E-state index in [-0.39, 0.29) is 63.6 Å². The Balaban J connectivity index is 0.753. The van der Waals surface area contributed by atoms with Crippen LogP contribution in [0, 0.1) is 45.0 Å². The molecule has 0 saturated carbocycles. The molecule has 0 aliphatic carbocycles. The van der Waals surface area contributed by atoms with Gasteiger partial charge in [0.1, 0.15) is 42.2 Å². The molecule has 0 spiro atoms. The van der Waals surface area contributed by atoms with Crippen molar-refractivity contribution in [3.8, 4) is 27.3 Å². The first-order valence-electron chi connectivity index (χ1n) is 25.4. The molecule has 3 aromatic carbocycles. The fourth-order valence-corrected chi connectivity index (χ4v) is 11.6. The lowest BCUT2D eigenvalue weighted by atomic mass is 9.85. The van der Waals surface area contributed by atoms with E-state index in [0.717, 1.165) is 55.5 Å². The van der Waals surface area contributed by atoms with Crippen LogP contribution in [0.5, 0.6) is 0 Å². The van der Waals surface area contributed by atoms with E-state index in [4.69, 9.17) is 26.1 Å². The third-order valence-corrected chi connectivity index (χ3v) is 16.1. The normalized spacial score (nSPS) is 16.8. The van der Waals surface area contributed by atoms with Crippen LogP contribution in [0.2, 0.25) is 5.02 Å². The molecule has 8 rings (SSSR count). The number of carbonyl (C=O) groups is 4.